The van der Waals surface area contributed by atoms with Gasteiger partial charge in [-0.25, -0.2) is 9.97 Å². The number of aliphatic hydroxyl groups is 1. The number of benzene rings is 1. The van der Waals surface area contributed by atoms with Gasteiger partial charge in [-0.05, 0) is 95.2 Å². The maximum atomic E-state index is 12.0. The topological polar surface area (TPSA) is 106 Å². The van der Waals surface area contributed by atoms with Crippen molar-refractivity contribution in [3.63, 3.8) is 0 Å². The second kappa shape index (κ2) is 14.2. The highest BCUT2D eigenvalue weighted by molar-refractivity contribution is 5.86. The summed E-state index contributed by atoms with van der Waals surface area (Å²) in [6.45, 7) is 19.6. The Labute approximate surface area is 281 Å². The standard InChI is InChI=1S/C34H44N6O2.C4H10O/c1-23-28(19-31(41)42)33(39-16-11-34(3,4)12-17-39)32(24(2)37-23)26-8-9-27-21-40(15-10-25(27)18-26)30-20-29(35-22-36-30)38-13-6-5-7-14-38;1-4(2,3)5/h8-9,18,20,22H,5-7,10-17,19,21H2,1-4H3,(H,41,42);5H,1-3H3. The predicted octanol–water partition coefficient (Wildman–Crippen LogP) is 6.74. The number of fused-ring (bicyclic) bond motifs is 1. The first-order valence-electron chi connectivity index (χ1n) is 17.3. The third kappa shape index (κ3) is 8.80. The van der Waals surface area contributed by atoms with Gasteiger partial charge in [-0.3, -0.25) is 9.78 Å². The molecule has 0 bridgehead atoms. The normalized spacial score (nSPS) is 17.9. The van der Waals surface area contributed by atoms with Crippen molar-refractivity contribution in [1.82, 2.24) is 15.0 Å². The molecular weight excluding hydrogens is 588 g/mol. The van der Waals surface area contributed by atoms with E-state index in [9.17, 15) is 9.90 Å². The Hall–Kier alpha value is -3.72. The molecule has 0 amide bonds. The molecule has 5 heterocycles. The number of hydrogen-bond donors (Lipinski definition) is 2. The van der Waals surface area contributed by atoms with Gasteiger partial charge in [0.05, 0.1) is 17.7 Å². The van der Waals surface area contributed by atoms with Gasteiger partial charge in [-0.1, -0.05) is 32.0 Å². The molecule has 3 aliphatic heterocycles. The third-order valence-electron chi connectivity index (χ3n) is 9.57. The van der Waals surface area contributed by atoms with Gasteiger partial charge in [-0.2, -0.15) is 0 Å². The Morgan fingerprint density at radius 3 is 2.13 bits per heavy atom. The summed E-state index contributed by atoms with van der Waals surface area (Å²) in [6.07, 6.45) is 8.55. The predicted molar refractivity (Wildman–Crippen MR) is 191 cm³/mol. The second-order valence-corrected chi connectivity index (χ2v) is 15.3. The highest BCUT2D eigenvalue weighted by Crippen LogP contribution is 2.42. The Morgan fingerprint density at radius 1 is 0.851 bits per heavy atom. The Kier molecular flexibility index (Phi) is 10.4. The molecule has 0 aliphatic carbocycles. The second-order valence-electron chi connectivity index (χ2n) is 15.3. The Morgan fingerprint density at radius 2 is 1.49 bits per heavy atom. The minimum absolute atomic E-state index is 0.0143. The van der Waals surface area contributed by atoms with Crippen molar-refractivity contribution < 1.29 is 15.0 Å². The van der Waals surface area contributed by atoms with Crippen molar-refractivity contribution in [1.29, 1.82) is 0 Å². The van der Waals surface area contributed by atoms with E-state index in [1.165, 1.54) is 30.4 Å². The van der Waals surface area contributed by atoms with Crippen LogP contribution in [0.15, 0.2) is 30.6 Å². The fourth-order valence-corrected chi connectivity index (χ4v) is 6.97. The lowest BCUT2D eigenvalue weighted by Gasteiger charge is -2.40. The van der Waals surface area contributed by atoms with Crippen LogP contribution in [0.2, 0.25) is 0 Å². The molecule has 47 heavy (non-hydrogen) atoms. The molecule has 2 N–H and O–H groups in total. The van der Waals surface area contributed by atoms with E-state index in [2.05, 4.69) is 69.7 Å². The number of pyridine rings is 1. The number of anilines is 3. The quantitative estimate of drug-likeness (QED) is 0.302. The molecule has 6 rings (SSSR count). The van der Waals surface area contributed by atoms with Crippen LogP contribution in [-0.4, -0.2) is 69.5 Å². The smallest absolute Gasteiger partial charge is 0.307 e. The number of aryl methyl sites for hydroxylation is 2. The number of carboxylic acids is 1. The SMILES string of the molecule is CC(C)(C)O.Cc1nc(C)c(-c2ccc3c(c2)CCN(c2cc(N4CCCCC4)ncn2)C3)c(N2CCC(C)(C)CC2)c1CC(=O)O. The first-order valence-corrected chi connectivity index (χ1v) is 17.3. The van der Waals surface area contributed by atoms with Crippen LogP contribution >= 0.6 is 0 Å². The fraction of sp³-hybridized carbons (Fsp3) is 0.579. The van der Waals surface area contributed by atoms with Crippen LogP contribution in [0.25, 0.3) is 11.1 Å². The molecule has 2 aromatic heterocycles. The number of aromatic nitrogens is 3. The van der Waals surface area contributed by atoms with Crippen LogP contribution < -0.4 is 14.7 Å². The van der Waals surface area contributed by atoms with Gasteiger partial charge in [0.2, 0.25) is 0 Å². The molecule has 0 atom stereocenters. The minimum atomic E-state index is -0.813. The maximum Gasteiger partial charge on any atom is 0.307 e. The summed E-state index contributed by atoms with van der Waals surface area (Å²) in [5.74, 6) is 1.22. The van der Waals surface area contributed by atoms with Crippen LogP contribution in [0.4, 0.5) is 17.3 Å². The van der Waals surface area contributed by atoms with Crippen LogP contribution in [0.5, 0.6) is 0 Å². The molecule has 3 aliphatic rings. The van der Waals surface area contributed by atoms with E-state index in [1.54, 1.807) is 27.1 Å². The van der Waals surface area contributed by atoms with Crippen LogP contribution in [0, 0.1) is 19.3 Å². The summed E-state index contributed by atoms with van der Waals surface area (Å²) in [7, 11) is 0. The molecule has 254 valence electrons. The molecule has 0 saturated carbocycles. The van der Waals surface area contributed by atoms with Gasteiger partial charge in [0.25, 0.3) is 0 Å². The zero-order valence-electron chi connectivity index (χ0n) is 29.6. The monoisotopic (exact) mass is 642 g/mol. The van der Waals surface area contributed by atoms with Crippen molar-refractivity contribution in [3.05, 3.63) is 58.7 Å². The van der Waals surface area contributed by atoms with Crippen LogP contribution in [0.1, 0.15) is 94.8 Å². The van der Waals surface area contributed by atoms with Crippen molar-refractivity contribution in [3.8, 4) is 11.1 Å². The largest absolute Gasteiger partial charge is 0.481 e. The summed E-state index contributed by atoms with van der Waals surface area (Å²) in [6, 6.07) is 8.95. The van der Waals surface area contributed by atoms with Crippen LogP contribution in [-0.2, 0) is 24.2 Å². The zero-order valence-corrected chi connectivity index (χ0v) is 29.6. The number of hydrogen-bond acceptors (Lipinski definition) is 8. The first-order chi connectivity index (χ1) is 22.2. The highest BCUT2D eigenvalue weighted by atomic mass is 16.4. The van der Waals surface area contributed by atoms with Crippen molar-refractivity contribution >= 4 is 23.3 Å². The summed E-state index contributed by atoms with van der Waals surface area (Å²) in [5.41, 5.74) is 8.38. The van der Waals surface area contributed by atoms with Crippen molar-refractivity contribution in [2.24, 2.45) is 5.41 Å². The van der Waals surface area contributed by atoms with Crippen molar-refractivity contribution in [2.75, 3.05) is 47.4 Å². The number of rotatable bonds is 6. The summed E-state index contributed by atoms with van der Waals surface area (Å²) >= 11 is 0. The van der Waals surface area contributed by atoms with Gasteiger partial charge in [0, 0.05) is 67.8 Å². The zero-order chi connectivity index (χ0) is 33.9. The Bertz CT molecular complexity index is 1560. The number of piperidine rings is 2. The molecule has 3 aromatic rings. The minimum Gasteiger partial charge on any atom is -0.481 e. The Balaban J connectivity index is 0.000000807. The molecule has 0 radical (unpaired) electrons. The number of nitrogens with zero attached hydrogens (tertiary/aromatic N) is 6. The van der Waals surface area contributed by atoms with E-state index >= 15 is 0 Å². The molecule has 0 unspecified atom stereocenters. The van der Waals surface area contributed by atoms with Gasteiger partial charge in [0.1, 0.15) is 18.0 Å². The van der Waals surface area contributed by atoms with E-state index < -0.39 is 11.6 Å². The fourth-order valence-electron chi connectivity index (χ4n) is 6.97. The molecule has 9 nitrogen and oxygen atoms in total. The summed E-state index contributed by atoms with van der Waals surface area (Å²) in [4.78, 5) is 33.3. The highest BCUT2D eigenvalue weighted by Gasteiger charge is 2.31. The summed E-state index contributed by atoms with van der Waals surface area (Å²) < 4.78 is 0. The van der Waals surface area contributed by atoms with Gasteiger partial charge < -0.3 is 24.9 Å². The van der Waals surface area contributed by atoms with Gasteiger partial charge >= 0.3 is 5.97 Å². The van der Waals surface area contributed by atoms with E-state index in [0.29, 0.717) is 5.41 Å². The maximum absolute atomic E-state index is 12.0. The van der Waals surface area contributed by atoms with E-state index in [-0.39, 0.29) is 6.42 Å². The summed E-state index contributed by atoms with van der Waals surface area (Å²) in [5, 5.41) is 18.4. The van der Waals surface area contributed by atoms with Crippen LogP contribution in [0.3, 0.4) is 0 Å². The lowest BCUT2D eigenvalue weighted by Crippen LogP contribution is -2.38. The molecule has 9 heteroatoms. The molecule has 1 aromatic carbocycles. The lowest BCUT2D eigenvalue weighted by molar-refractivity contribution is -0.136. The van der Waals surface area contributed by atoms with Gasteiger partial charge in [-0.15, -0.1) is 0 Å². The average Bonchev–Trinajstić information content (AvgIpc) is 3.01. The van der Waals surface area contributed by atoms with E-state index in [0.717, 1.165) is 104 Å². The lowest BCUT2D eigenvalue weighted by atomic mass is 9.82. The van der Waals surface area contributed by atoms with E-state index in [1.807, 2.05) is 6.92 Å². The number of aliphatic carboxylic acids is 1. The third-order valence-corrected chi connectivity index (χ3v) is 9.57. The number of carbonyl (C=O) groups is 1. The molecular formula is C38H54N6O3. The van der Waals surface area contributed by atoms with E-state index in [4.69, 9.17) is 10.1 Å². The first kappa shape index (κ1) is 34.6. The van der Waals surface area contributed by atoms with Gasteiger partial charge in [0.15, 0.2) is 0 Å². The number of carboxylic acid groups (broad SMARTS) is 1. The molecule has 2 fully saturated rings. The molecule has 2 saturated heterocycles. The van der Waals surface area contributed by atoms with Crippen molar-refractivity contribution in [2.45, 2.75) is 106 Å². The molecule has 0 spiro atoms. The average molecular weight is 643 g/mol.